The summed E-state index contributed by atoms with van der Waals surface area (Å²) in [5, 5.41) is 5.40. The second kappa shape index (κ2) is 7.09. The lowest BCUT2D eigenvalue weighted by atomic mass is 10.0. The van der Waals surface area contributed by atoms with Gasteiger partial charge in [-0.05, 0) is 41.1 Å². The number of hydrogen-bond donors (Lipinski definition) is 2. The van der Waals surface area contributed by atoms with Crippen molar-refractivity contribution in [1.29, 1.82) is 0 Å². The molecule has 0 unspecified atom stereocenters. The predicted octanol–water partition coefficient (Wildman–Crippen LogP) is 3.48. The third-order valence-corrected chi connectivity index (χ3v) is 5.58. The molecule has 28 heavy (non-hydrogen) atoms. The van der Waals surface area contributed by atoms with E-state index in [0.717, 1.165) is 54.5 Å². The highest BCUT2D eigenvalue weighted by molar-refractivity contribution is 5.93. The van der Waals surface area contributed by atoms with Crippen molar-refractivity contribution < 1.29 is 0 Å². The number of hydrogen-bond acceptors (Lipinski definition) is 3. The van der Waals surface area contributed by atoms with Gasteiger partial charge in [0.2, 0.25) is 0 Å². The minimum atomic E-state index is -0.00905. The monoisotopic (exact) mass is 370 g/mol. The number of aromatic nitrogens is 3. The van der Waals surface area contributed by atoms with Gasteiger partial charge in [-0.2, -0.15) is 0 Å². The Balaban J connectivity index is 1.36. The van der Waals surface area contributed by atoms with E-state index in [1.165, 1.54) is 16.7 Å². The van der Waals surface area contributed by atoms with Gasteiger partial charge < -0.3 is 14.9 Å². The summed E-state index contributed by atoms with van der Waals surface area (Å²) < 4.78 is 2.10. The molecule has 1 aliphatic rings. The highest BCUT2D eigenvalue weighted by Crippen LogP contribution is 2.39. The van der Waals surface area contributed by atoms with Crippen molar-refractivity contribution in [2.24, 2.45) is 0 Å². The van der Waals surface area contributed by atoms with Crippen LogP contribution in [0.25, 0.3) is 22.0 Å². The number of aryl methyl sites for hydroxylation is 1. The van der Waals surface area contributed by atoms with Crippen molar-refractivity contribution in [3.05, 3.63) is 88.2 Å². The van der Waals surface area contributed by atoms with Gasteiger partial charge in [0.15, 0.2) is 0 Å². The van der Waals surface area contributed by atoms with E-state index in [2.05, 4.69) is 44.1 Å². The molecule has 2 heterocycles. The van der Waals surface area contributed by atoms with E-state index in [-0.39, 0.29) is 5.56 Å². The van der Waals surface area contributed by atoms with E-state index in [1.807, 2.05) is 36.9 Å². The zero-order chi connectivity index (χ0) is 18.9. The first-order valence-corrected chi connectivity index (χ1v) is 9.73. The van der Waals surface area contributed by atoms with Crippen LogP contribution in [0.2, 0.25) is 0 Å². The first-order valence-electron chi connectivity index (χ1n) is 9.73. The Bertz CT molecular complexity index is 1190. The van der Waals surface area contributed by atoms with Crippen LogP contribution in [-0.4, -0.2) is 21.1 Å². The molecule has 0 spiro atoms. The third kappa shape index (κ3) is 2.94. The summed E-state index contributed by atoms with van der Waals surface area (Å²) in [6, 6.07) is 14.3. The second-order valence-electron chi connectivity index (χ2n) is 7.30. The maximum absolute atomic E-state index is 12.5. The molecule has 0 radical (unpaired) electrons. The summed E-state index contributed by atoms with van der Waals surface area (Å²) >= 11 is 0. The fourth-order valence-electron chi connectivity index (χ4n) is 4.20. The van der Waals surface area contributed by atoms with Crippen molar-refractivity contribution in [2.45, 2.75) is 25.9 Å². The Morgan fingerprint density at radius 1 is 1.07 bits per heavy atom. The SMILES string of the molecule is O=c1[nH]c2c(c3ccccc13)Cc1c(CNCCCn3ccnc3)cccc1-2. The minimum absolute atomic E-state index is 0.00905. The fraction of sp³-hybridized carbons (Fsp3) is 0.217. The second-order valence-corrected chi connectivity index (χ2v) is 7.30. The molecule has 140 valence electrons. The lowest BCUT2D eigenvalue weighted by molar-refractivity contribution is 0.580. The number of fused-ring (bicyclic) bond motifs is 5. The van der Waals surface area contributed by atoms with Gasteiger partial charge >= 0.3 is 0 Å². The average molecular weight is 370 g/mol. The van der Waals surface area contributed by atoms with E-state index < -0.39 is 0 Å². The minimum Gasteiger partial charge on any atom is -0.337 e. The number of H-pyrrole nitrogens is 1. The predicted molar refractivity (Wildman–Crippen MR) is 111 cm³/mol. The Morgan fingerprint density at radius 3 is 2.82 bits per heavy atom. The summed E-state index contributed by atoms with van der Waals surface area (Å²) in [6.45, 7) is 2.76. The quantitative estimate of drug-likeness (QED) is 0.450. The topological polar surface area (TPSA) is 62.7 Å². The van der Waals surface area contributed by atoms with E-state index in [0.29, 0.717) is 0 Å². The first-order chi connectivity index (χ1) is 13.8. The van der Waals surface area contributed by atoms with E-state index in [4.69, 9.17) is 0 Å². The molecule has 0 atom stereocenters. The molecule has 0 saturated carbocycles. The van der Waals surface area contributed by atoms with Crippen molar-refractivity contribution in [2.75, 3.05) is 6.54 Å². The highest BCUT2D eigenvalue weighted by atomic mass is 16.1. The molecule has 0 bridgehead atoms. The summed E-state index contributed by atoms with van der Waals surface area (Å²) in [7, 11) is 0. The summed E-state index contributed by atoms with van der Waals surface area (Å²) in [5.41, 5.74) is 6.01. The number of imidazole rings is 1. The van der Waals surface area contributed by atoms with E-state index >= 15 is 0 Å². The molecule has 5 heteroatoms. The number of aromatic amines is 1. The number of rotatable bonds is 6. The maximum Gasteiger partial charge on any atom is 0.256 e. The summed E-state index contributed by atoms with van der Waals surface area (Å²) in [5.74, 6) is 0. The van der Waals surface area contributed by atoms with Crippen LogP contribution in [0.15, 0.2) is 66.0 Å². The molecule has 1 aliphatic carbocycles. The van der Waals surface area contributed by atoms with Gasteiger partial charge in [0.25, 0.3) is 5.56 Å². The smallest absolute Gasteiger partial charge is 0.256 e. The van der Waals surface area contributed by atoms with Crippen LogP contribution in [0.3, 0.4) is 0 Å². The lowest BCUT2D eigenvalue weighted by Crippen LogP contribution is -2.17. The van der Waals surface area contributed by atoms with Gasteiger partial charge in [0.05, 0.1) is 12.0 Å². The Hall–Kier alpha value is -3.18. The van der Waals surface area contributed by atoms with Crippen molar-refractivity contribution in [1.82, 2.24) is 19.9 Å². The third-order valence-electron chi connectivity index (χ3n) is 5.58. The van der Waals surface area contributed by atoms with Gasteiger partial charge in [-0.25, -0.2) is 4.98 Å². The summed E-state index contributed by atoms with van der Waals surface area (Å²) in [6.07, 6.45) is 7.59. The normalized spacial score (nSPS) is 12.3. The molecule has 2 N–H and O–H groups in total. The van der Waals surface area contributed by atoms with Crippen LogP contribution >= 0.6 is 0 Å². The fourth-order valence-corrected chi connectivity index (χ4v) is 4.20. The van der Waals surface area contributed by atoms with Crippen LogP contribution in [0.1, 0.15) is 23.1 Å². The van der Waals surface area contributed by atoms with Gasteiger partial charge in [-0.3, -0.25) is 4.79 Å². The first kappa shape index (κ1) is 17.0. The van der Waals surface area contributed by atoms with Gasteiger partial charge in [0.1, 0.15) is 0 Å². The highest BCUT2D eigenvalue weighted by Gasteiger charge is 2.24. The van der Waals surface area contributed by atoms with E-state index in [9.17, 15) is 4.79 Å². The zero-order valence-corrected chi connectivity index (χ0v) is 15.6. The Kier molecular flexibility index (Phi) is 4.29. The molecule has 2 aromatic heterocycles. The molecule has 5 nitrogen and oxygen atoms in total. The molecule has 0 amide bonds. The van der Waals surface area contributed by atoms with E-state index in [1.54, 1.807) is 0 Å². The Labute approximate surface area is 163 Å². The van der Waals surface area contributed by atoms with Crippen LogP contribution in [0.4, 0.5) is 0 Å². The number of benzene rings is 2. The standard InChI is InChI=1S/C23H22N4O/c28-23-19-7-2-1-6-17(19)21-13-20-16(5-3-8-18(20)22(21)26-23)14-24-9-4-11-27-12-10-25-15-27/h1-3,5-8,10,12,15,24H,4,9,11,13-14H2,(H,26,28). The van der Waals surface area contributed by atoms with Crippen LogP contribution in [0.5, 0.6) is 0 Å². The zero-order valence-electron chi connectivity index (χ0n) is 15.6. The maximum atomic E-state index is 12.5. The van der Waals surface area contributed by atoms with Crippen LogP contribution in [0, 0.1) is 0 Å². The Morgan fingerprint density at radius 2 is 1.96 bits per heavy atom. The molecule has 0 aliphatic heterocycles. The van der Waals surface area contributed by atoms with Crippen molar-refractivity contribution in [3.8, 4) is 11.3 Å². The lowest BCUT2D eigenvalue weighted by Gasteiger charge is -2.10. The molecular formula is C23H22N4O. The molecule has 2 aromatic carbocycles. The molecular weight excluding hydrogens is 348 g/mol. The molecule has 0 fully saturated rings. The van der Waals surface area contributed by atoms with Gasteiger partial charge in [-0.15, -0.1) is 0 Å². The largest absolute Gasteiger partial charge is 0.337 e. The number of nitrogens with zero attached hydrogens (tertiary/aromatic N) is 2. The van der Waals surface area contributed by atoms with Crippen molar-refractivity contribution >= 4 is 10.8 Å². The van der Waals surface area contributed by atoms with Gasteiger partial charge in [-0.1, -0.05) is 36.4 Å². The molecule has 4 aromatic rings. The number of nitrogens with one attached hydrogen (secondary N) is 2. The summed E-state index contributed by atoms with van der Waals surface area (Å²) in [4.78, 5) is 19.7. The van der Waals surface area contributed by atoms with Crippen molar-refractivity contribution in [3.63, 3.8) is 0 Å². The molecule has 5 rings (SSSR count). The molecule has 0 saturated heterocycles. The number of pyridine rings is 1. The van der Waals surface area contributed by atoms with Crippen LogP contribution in [-0.2, 0) is 19.5 Å². The average Bonchev–Trinajstić information content (AvgIpc) is 3.36. The van der Waals surface area contributed by atoms with Crippen LogP contribution < -0.4 is 10.9 Å². The van der Waals surface area contributed by atoms with Gasteiger partial charge in [0, 0.05) is 42.9 Å².